The zero-order valence-electron chi connectivity index (χ0n) is 25.0. The third-order valence-electron chi connectivity index (χ3n) is 7.22. The van der Waals surface area contributed by atoms with E-state index in [1.54, 1.807) is 42.5 Å². The van der Waals surface area contributed by atoms with Crippen LogP contribution in [0.25, 0.3) is 0 Å². The summed E-state index contributed by atoms with van der Waals surface area (Å²) in [5.74, 6) is 1.43. The third kappa shape index (κ3) is 9.14. The van der Waals surface area contributed by atoms with E-state index in [9.17, 15) is 17.6 Å². The number of nitrogens with zero attached hydrogens (tertiary/aromatic N) is 3. The van der Waals surface area contributed by atoms with Crippen LogP contribution in [-0.4, -0.2) is 68.6 Å². The van der Waals surface area contributed by atoms with Crippen LogP contribution >= 0.6 is 0 Å². The van der Waals surface area contributed by atoms with Crippen molar-refractivity contribution in [2.45, 2.75) is 18.0 Å². The number of primary sulfonamides is 1. The lowest BCUT2D eigenvalue weighted by Crippen LogP contribution is -2.50. The quantitative estimate of drug-likeness (QED) is 0.245. The molecule has 0 unspecified atom stereocenters. The highest BCUT2D eigenvalue weighted by atomic mass is 32.2. The van der Waals surface area contributed by atoms with Crippen molar-refractivity contribution in [3.8, 4) is 23.1 Å². The Bertz CT molecular complexity index is 1740. The van der Waals surface area contributed by atoms with E-state index >= 15 is 0 Å². The minimum Gasteiger partial charge on any atom is -0.454 e. The van der Waals surface area contributed by atoms with Crippen LogP contribution in [0.3, 0.4) is 0 Å². The molecule has 1 saturated heterocycles. The predicted octanol–water partition coefficient (Wildman–Crippen LogP) is 3.09. The topological polar surface area (TPSA) is 162 Å². The van der Waals surface area contributed by atoms with E-state index in [2.05, 4.69) is 15.2 Å². The Labute approximate surface area is 266 Å². The number of sulfonamides is 1. The van der Waals surface area contributed by atoms with Crippen LogP contribution in [0.2, 0.25) is 0 Å². The van der Waals surface area contributed by atoms with Gasteiger partial charge >= 0.3 is 0 Å². The highest BCUT2D eigenvalue weighted by molar-refractivity contribution is 7.89. The normalized spacial score (nSPS) is 14.3. The second-order valence-electron chi connectivity index (χ2n) is 10.6. The number of anilines is 1. The van der Waals surface area contributed by atoms with Crippen molar-refractivity contribution >= 4 is 21.6 Å². The van der Waals surface area contributed by atoms with Crippen molar-refractivity contribution in [2.24, 2.45) is 5.14 Å². The van der Waals surface area contributed by atoms with Gasteiger partial charge in [-0.15, -0.1) is 0 Å². The maximum absolute atomic E-state index is 14.5. The number of ether oxygens (including phenoxy) is 3. The first-order valence-corrected chi connectivity index (χ1v) is 16.0. The fraction of sp³-hybridized carbons (Fsp3) is 0.250. The number of carbonyl (C=O) groups excluding carboxylic acids is 1. The summed E-state index contributed by atoms with van der Waals surface area (Å²) in [6.07, 6.45) is 1.45. The highest BCUT2D eigenvalue weighted by Crippen LogP contribution is 2.33. The summed E-state index contributed by atoms with van der Waals surface area (Å²) in [5, 5.41) is 7.94. The van der Waals surface area contributed by atoms with Gasteiger partial charge in [-0.3, -0.25) is 9.69 Å². The van der Waals surface area contributed by atoms with Gasteiger partial charge in [0.05, 0.1) is 23.3 Å². The fourth-order valence-electron chi connectivity index (χ4n) is 4.79. The van der Waals surface area contributed by atoms with E-state index in [4.69, 9.17) is 25.1 Å². The zero-order valence-corrected chi connectivity index (χ0v) is 25.8. The second-order valence-corrected chi connectivity index (χ2v) is 12.2. The largest absolute Gasteiger partial charge is 0.454 e. The molecule has 0 atom stereocenters. The molecule has 4 aromatic rings. The summed E-state index contributed by atoms with van der Waals surface area (Å²) >= 11 is 0. The summed E-state index contributed by atoms with van der Waals surface area (Å²) in [5.41, 5.74) is 7.98. The number of pyridine rings is 1. The number of nitrogen functional groups attached to an aromatic ring is 1. The summed E-state index contributed by atoms with van der Waals surface area (Å²) in [4.78, 5) is 21.0. The molecule has 3 aromatic carbocycles. The Hall–Kier alpha value is -4.76. The number of carbonyl (C=O) groups is 1. The molecule has 5 N–H and O–H groups in total. The molecule has 1 aromatic heterocycles. The van der Waals surface area contributed by atoms with E-state index in [0.29, 0.717) is 30.9 Å². The Morgan fingerprint density at radius 3 is 2.35 bits per heavy atom. The molecule has 6 rings (SSSR count). The lowest BCUT2D eigenvalue weighted by atomic mass is 10.1. The minimum absolute atomic E-state index is 0.0348. The molecule has 0 aliphatic carbocycles. The molecule has 46 heavy (non-hydrogen) atoms. The summed E-state index contributed by atoms with van der Waals surface area (Å²) in [7, 11) is -3.50. The van der Waals surface area contributed by atoms with Gasteiger partial charge in [0.1, 0.15) is 0 Å². The number of halogens is 1. The van der Waals surface area contributed by atoms with Gasteiger partial charge in [-0.2, -0.15) is 0 Å². The maximum atomic E-state index is 14.5. The van der Waals surface area contributed by atoms with Gasteiger partial charge in [-0.05, 0) is 53.6 Å². The van der Waals surface area contributed by atoms with Crippen molar-refractivity contribution in [1.29, 1.82) is 0 Å². The molecule has 0 bridgehead atoms. The van der Waals surface area contributed by atoms with Gasteiger partial charge in [-0.25, -0.2) is 22.9 Å². The van der Waals surface area contributed by atoms with E-state index in [0.717, 1.165) is 36.7 Å². The van der Waals surface area contributed by atoms with Gasteiger partial charge in [0, 0.05) is 45.3 Å². The zero-order chi connectivity index (χ0) is 32.5. The minimum atomic E-state index is -3.50. The number of hydrogen-bond donors (Lipinski definition) is 3. The van der Waals surface area contributed by atoms with Crippen molar-refractivity contribution in [2.75, 3.05) is 45.3 Å². The molecule has 1 fully saturated rings. The molecule has 0 spiro atoms. The average molecular weight is 651 g/mol. The van der Waals surface area contributed by atoms with Crippen molar-refractivity contribution in [1.82, 2.24) is 20.1 Å². The SMILES string of the molecule is NS(=O)(=O)c1ccccc1.Nc1ccc(Oc2ccc(CNCC(=O)N3CCN(Cc4ccc5c(c4)OCO5)CC3)cc2F)nc1. The molecular formula is C32H35FN6O6S. The number of rotatable bonds is 9. The summed E-state index contributed by atoms with van der Waals surface area (Å²) in [6.45, 7) is 4.58. The van der Waals surface area contributed by atoms with E-state index < -0.39 is 15.8 Å². The van der Waals surface area contributed by atoms with Crippen LogP contribution in [-0.2, 0) is 27.9 Å². The number of piperazine rings is 1. The Balaban J connectivity index is 0.000000356. The lowest BCUT2D eigenvalue weighted by molar-refractivity contribution is -0.132. The Morgan fingerprint density at radius 1 is 0.935 bits per heavy atom. The number of nitrogens with two attached hydrogens (primary N) is 2. The predicted molar refractivity (Wildman–Crippen MR) is 169 cm³/mol. The van der Waals surface area contributed by atoms with Crippen LogP contribution in [0, 0.1) is 5.82 Å². The molecular weight excluding hydrogens is 615 g/mol. The van der Waals surface area contributed by atoms with Gasteiger partial charge in [-0.1, -0.05) is 30.3 Å². The number of amides is 1. The smallest absolute Gasteiger partial charge is 0.238 e. The maximum Gasteiger partial charge on any atom is 0.238 e. The Morgan fingerprint density at radius 2 is 1.67 bits per heavy atom. The average Bonchev–Trinajstić information content (AvgIpc) is 3.52. The van der Waals surface area contributed by atoms with Crippen LogP contribution in [0.1, 0.15) is 11.1 Å². The second kappa shape index (κ2) is 15.0. The van der Waals surface area contributed by atoms with Gasteiger partial charge < -0.3 is 30.2 Å². The first-order valence-electron chi connectivity index (χ1n) is 14.5. The molecule has 0 radical (unpaired) electrons. The third-order valence-corrected chi connectivity index (χ3v) is 8.14. The molecule has 0 saturated carbocycles. The van der Waals surface area contributed by atoms with Crippen LogP contribution < -0.4 is 30.4 Å². The number of nitrogens with one attached hydrogen (secondary N) is 1. The van der Waals surface area contributed by atoms with Crippen molar-refractivity contribution < 1.29 is 31.8 Å². The molecule has 1 amide bonds. The fourth-order valence-corrected chi connectivity index (χ4v) is 5.33. The van der Waals surface area contributed by atoms with E-state index in [1.807, 2.05) is 23.1 Å². The summed E-state index contributed by atoms with van der Waals surface area (Å²) in [6, 6.07) is 21.8. The van der Waals surface area contributed by atoms with Crippen LogP contribution in [0.15, 0.2) is 90.0 Å². The van der Waals surface area contributed by atoms with Gasteiger partial charge in [0.15, 0.2) is 23.1 Å². The number of fused-ring (bicyclic) bond motifs is 1. The first-order chi connectivity index (χ1) is 22.1. The number of aromatic nitrogens is 1. The standard InChI is InChI=1S/C26H28FN5O4.C6H7NO2S/c27-21-11-18(1-4-22(21)36-25-6-3-20(28)14-30-25)13-29-15-26(33)32-9-7-31(8-10-32)16-19-2-5-23-24(12-19)35-17-34-23;7-10(8,9)6-4-2-1-3-5-6/h1-6,11-12,14,29H,7-10,13,15-17,28H2;1-5H,(H2,7,8,9). The van der Waals surface area contributed by atoms with Gasteiger partial charge in [0.2, 0.25) is 28.6 Å². The molecule has 3 heterocycles. The highest BCUT2D eigenvalue weighted by Gasteiger charge is 2.22. The monoisotopic (exact) mass is 650 g/mol. The molecule has 2 aliphatic heterocycles. The summed E-state index contributed by atoms with van der Waals surface area (Å²) < 4.78 is 52.0. The number of benzene rings is 3. The number of hydrogen-bond acceptors (Lipinski definition) is 10. The van der Waals surface area contributed by atoms with Crippen LogP contribution in [0.4, 0.5) is 10.1 Å². The van der Waals surface area contributed by atoms with Gasteiger partial charge in [0.25, 0.3) is 0 Å². The molecule has 14 heteroatoms. The molecule has 12 nitrogen and oxygen atoms in total. The Kier molecular flexibility index (Phi) is 10.6. The van der Waals surface area contributed by atoms with Crippen LogP contribution in [0.5, 0.6) is 23.1 Å². The van der Waals surface area contributed by atoms with Crippen molar-refractivity contribution in [3.63, 3.8) is 0 Å². The van der Waals surface area contributed by atoms with E-state index in [-0.39, 0.29) is 35.8 Å². The molecule has 2 aliphatic rings. The lowest BCUT2D eigenvalue weighted by Gasteiger charge is -2.34. The molecule has 242 valence electrons. The van der Waals surface area contributed by atoms with E-state index in [1.165, 1.54) is 24.4 Å². The first kappa shape index (κ1) is 32.6. The van der Waals surface area contributed by atoms with Crippen molar-refractivity contribution in [3.05, 3.63) is 102 Å².